The number of hydrogen-bond acceptors (Lipinski definition) is 12. The smallest absolute Gasteiger partial charge is 0.295 e. The van der Waals surface area contributed by atoms with Crippen molar-refractivity contribution < 1.29 is 48.8 Å². The molecule has 0 saturated carbocycles. The number of aryl methyl sites for hydroxylation is 1. The number of anilines is 1. The van der Waals surface area contributed by atoms with Crippen LogP contribution in [0, 0.1) is 6.92 Å². The first-order valence-corrected chi connectivity index (χ1v) is 18.5. The Morgan fingerprint density at radius 1 is 0.630 bits per heavy atom. The Labute approximate surface area is 376 Å². The van der Waals surface area contributed by atoms with Crippen LogP contribution in [0.2, 0.25) is 0 Å². The van der Waals surface area contributed by atoms with Crippen LogP contribution in [0.5, 0.6) is 5.75 Å². The summed E-state index contributed by atoms with van der Waals surface area (Å²) in [7, 11) is -12.7. The van der Waals surface area contributed by atoms with E-state index in [-0.39, 0.29) is 127 Å². The van der Waals surface area contributed by atoms with Gasteiger partial charge in [0.05, 0.1) is 39.7 Å². The summed E-state index contributed by atoms with van der Waals surface area (Å²) < 4.78 is 104. The summed E-state index contributed by atoms with van der Waals surface area (Å²) in [5.41, 5.74) is 2.36. The van der Waals surface area contributed by atoms with Gasteiger partial charge >= 0.3 is 0 Å². The third-order valence-electron chi connectivity index (χ3n) is 6.96. The normalized spacial score (nSPS) is 12.2. The molecule has 0 aliphatic carbocycles. The van der Waals surface area contributed by atoms with E-state index in [0.717, 1.165) is 12.1 Å². The van der Waals surface area contributed by atoms with E-state index in [1.54, 1.807) is 25.1 Å². The Hall–Kier alpha value is -2.64. The monoisotopic (exact) mass is 823 g/mol. The van der Waals surface area contributed by atoms with Crippen LogP contribution >= 0.6 is 0 Å². The first-order valence-electron chi connectivity index (χ1n) is 14.2. The Morgan fingerprint density at radius 3 is 1.83 bits per heavy atom. The van der Waals surface area contributed by atoms with Crippen molar-refractivity contribution in [2.75, 3.05) is 12.4 Å². The van der Waals surface area contributed by atoms with Gasteiger partial charge in [-0.15, -0.1) is 0 Å². The molecule has 0 aromatic heterocycles. The molecule has 5 aromatic carbocycles. The second-order valence-corrected chi connectivity index (χ2v) is 14.8. The average molecular weight is 824 g/mol. The molecule has 5 aromatic rings. The Morgan fingerprint density at radius 2 is 1.22 bits per heavy atom. The van der Waals surface area contributed by atoms with Crippen molar-refractivity contribution in [2.45, 2.75) is 21.6 Å². The topological polar surface area (TPSA) is 266 Å². The van der Waals surface area contributed by atoms with Gasteiger partial charge in [-0.2, -0.15) is 50.7 Å². The molecule has 0 bridgehead atoms. The van der Waals surface area contributed by atoms with Crippen LogP contribution in [0.25, 0.3) is 10.8 Å². The number of nitrogens with one attached hydrogen (secondary N) is 1. The van der Waals surface area contributed by atoms with Gasteiger partial charge in [0.25, 0.3) is 36.4 Å². The molecule has 0 aliphatic heterocycles. The van der Waals surface area contributed by atoms with Crippen molar-refractivity contribution in [1.29, 1.82) is 0 Å². The first kappa shape index (κ1) is 47.5. The van der Waals surface area contributed by atoms with Crippen LogP contribution in [0.4, 0.5) is 34.1 Å². The minimum absolute atomic E-state index is 0. The number of fused-ring (bicyclic) bond motifs is 1. The summed E-state index contributed by atoms with van der Waals surface area (Å²) in [6, 6.07) is 19.9. The maximum absolute atomic E-state index is 12.0. The molecule has 0 unspecified atom stereocenters. The maximum atomic E-state index is 12.0. The number of azo groups is 2. The zero-order valence-electron chi connectivity index (χ0n) is 29.3. The Bertz CT molecular complexity index is 2630. The molecule has 0 atom stereocenters. The third-order valence-corrected chi connectivity index (χ3v) is 9.54. The molecule has 0 fully saturated rings. The van der Waals surface area contributed by atoms with Gasteiger partial charge in [0.2, 0.25) is 0 Å². The molecule has 5 rings (SSSR count). The summed E-state index contributed by atoms with van der Waals surface area (Å²) in [6.07, 6.45) is 0. The summed E-state index contributed by atoms with van der Waals surface area (Å²) in [5.74, 6) is 0.231. The maximum Gasteiger partial charge on any atom is 0.295 e. The van der Waals surface area contributed by atoms with Gasteiger partial charge in [-0.05, 0) is 90.7 Å². The number of nitrogens with zero attached hydrogens (tertiary/aromatic N) is 5. The minimum Gasteiger partial charge on any atom is -0.494 e. The standard InChI is InChI=1S/C31H26N6O11S3.3Na/c1-18-12-20(8-10-27(18)37-36-22-7-6-19-13-25(50(42,43)44)17-30(26(19)15-22)51(45,46)47)32-31(38)33-28-11-9-23(16-29(28)48-2)35-34-21-4-3-5-24(14-21)49(39,40)41;;;/h3-17H,1-2H3,(H2,32,33,38)(H,39,40,41)(H,42,43,44)(H,45,46,47);;;. The molecule has 23 heteroatoms. The van der Waals surface area contributed by atoms with Crippen LogP contribution in [-0.2, 0) is 30.4 Å². The molecule has 5 N–H and O–H groups in total. The van der Waals surface area contributed by atoms with Crippen LogP contribution in [0.1, 0.15) is 5.56 Å². The molecule has 0 heterocycles. The number of benzene rings is 5. The van der Waals surface area contributed by atoms with Gasteiger partial charge in [-0.25, -0.2) is 0 Å². The second kappa shape index (κ2) is 19.5. The predicted octanol–water partition coefficient (Wildman–Crippen LogP) is 6.24. The number of amidine groups is 1. The van der Waals surface area contributed by atoms with Gasteiger partial charge in [0, 0.05) is 106 Å². The van der Waals surface area contributed by atoms with Gasteiger partial charge in [0.15, 0.2) is 0 Å². The average Bonchev–Trinajstić information content (AvgIpc) is 3.05. The Kier molecular flexibility index (Phi) is 17.1. The van der Waals surface area contributed by atoms with Gasteiger partial charge in [-0.1, -0.05) is 12.1 Å². The number of aliphatic imine (C=N–C) groups is 1. The molecule has 3 radical (unpaired) electrons. The number of ether oxygens (including phenoxy) is 1. The first-order chi connectivity index (χ1) is 23.9. The number of methoxy groups -OCH3 is 1. The minimum atomic E-state index is -4.88. The van der Waals surface area contributed by atoms with Crippen molar-refractivity contribution in [1.82, 2.24) is 0 Å². The van der Waals surface area contributed by atoms with E-state index < -0.39 is 46.2 Å². The molecule has 0 saturated heterocycles. The van der Waals surface area contributed by atoms with Crippen LogP contribution < -0.4 is 10.1 Å². The molecular formula is C31H26N6Na3O11S3. The zero-order valence-corrected chi connectivity index (χ0v) is 37.7. The molecule has 54 heavy (non-hydrogen) atoms. The van der Waals surface area contributed by atoms with E-state index in [0.29, 0.717) is 28.7 Å². The van der Waals surface area contributed by atoms with E-state index in [4.69, 9.17) is 4.74 Å². The van der Waals surface area contributed by atoms with Crippen LogP contribution in [0.3, 0.4) is 0 Å². The zero-order chi connectivity index (χ0) is 37.1. The van der Waals surface area contributed by atoms with Crippen molar-refractivity contribution in [3.63, 3.8) is 0 Å². The number of aliphatic hydroxyl groups excluding tert-OH is 1. The summed E-state index contributed by atoms with van der Waals surface area (Å²) in [4.78, 5) is 2.36. The van der Waals surface area contributed by atoms with Crippen LogP contribution in [0.15, 0.2) is 131 Å². The predicted molar refractivity (Wildman–Crippen MR) is 203 cm³/mol. The summed E-state index contributed by atoms with van der Waals surface area (Å²) in [5, 5.41) is 29.7. The SMILES string of the molecule is COc1cc(N=Nc2cccc(S(=O)(=O)O)c2)ccc1N=C(O)Nc1ccc(N=Nc2ccc3cc(S(=O)(=O)O)cc(S(=O)(=O)O)c3c2)c(C)c1.[Na].[Na].[Na]. The van der Waals surface area contributed by atoms with Gasteiger partial charge < -0.3 is 15.2 Å². The summed E-state index contributed by atoms with van der Waals surface area (Å²) >= 11 is 0. The summed E-state index contributed by atoms with van der Waals surface area (Å²) in [6.45, 7) is 1.72. The molecule has 0 spiro atoms. The van der Waals surface area contributed by atoms with E-state index in [2.05, 4.69) is 30.8 Å². The van der Waals surface area contributed by atoms with Crippen molar-refractivity contribution in [3.05, 3.63) is 96.6 Å². The third kappa shape index (κ3) is 12.4. The van der Waals surface area contributed by atoms with Crippen molar-refractivity contribution >= 4 is 170 Å². The van der Waals surface area contributed by atoms with E-state index in [1.165, 1.54) is 61.7 Å². The number of hydrogen-bond donors (Lipinski definition) is 5. The number of aliphatic hydroxyl groups is 1. The molecule has 17 nitrogen and oxygen atoms in total. The van der Waals surface area contributed by atoms with Gasteiger partial charge in [0.1, 0.15) is 16.3 Å². The Balaban J connectivity index is 0.00000336. The van der Waals surface area contributed by atoms with E-state index >= 15 is 0 Å². The molecule has 0 aliphatic rings. The molecular weight excluding hydrogens is 798 g/mol. The van der Waals surface area contributed by atoms with Crippen molar-refractivity contribution in [2.24, 2.45) is 25.4 Å². The second-order valence-electron chi connectivity index (χ2n) is 10.6. The fraction of sp³-hybridized carbons (Fsp3) is 0.0645. The van der Waals surface area contributed by atoms with Crippen LogP contribution in [-0.4, -0.2) is 146 Å². The van der Waals surface area contributed by atoms with E-state index in [9.17, 15) is 44.0 Å². The molecule has 267 valence electrons. The van der Waals surface area contributed by atoms with Gasteiger partial charge in [-0.3, -0.25) is 13.7 Å². The largest absolute Gasteiger partial charge is 0.494 e. The van der Waals surface area contributed by atoms with Crippen molar-refractivity contribution in [3.8, 4) is 5.75 Å². The van der Waals surface area contributed by atoms with E-state index in [1.807, 2.05) is 0 Å². The quantitative estimate of drug-likeness (QED) is 0.0344. The fourth-order valence-electron chi connectivity index (χ4n) is 4.58. The fourth-order valence-corrected chi connectivity index (χ4v) is 6.45. The number of rotatable bonds is 10. The molecule has 0 amide bonds.